The number of rotatable bonds is 4. The Kier molecular flexibility index (Phi) is 3.80. The molecular formula is C13H20N2O. The maximum absolute atomic E-state index is 8.90. The Bertz CT molecular complexity index is 340. The van der Waals surface area contributed by atoms with Gasteiger partial charge >= 0.3 is 0 Å². The SMILES string of the molecule is CNC1CCN(CCCO)c2ccccc21. The highest BCUT2D eigenvalue weighted by Gasteiger charge is 2.22. The zero-order valence-corrected chi connectivity index (χ0v) is 9.82. The Morgan fingerprint density at radius 2 is 2.25 bits per heavy atom. The number of nitrogens with one attached hydrogen (secondary N) is 1. The smallest absolute Gasteiger partial charge is 0.0447 e. The molecule has 0 aliphatic carbocycles. The molecule has 1 aromatic carbocycles. The Labute approximate surface area is 97.1 Å². The zero-order chi connectivity index (χ0) is 11.4. The number of benzene rings is 1. The lowest BCUT2D eigenvalue weighted by Gasteiger charge is -2.35. The van der Waals surface area contributed by atoms with Crippen molar-refractivity contribution in [2.24, 2.45) is 0 Å². The first-order valence-corrected chi connectivity index (χ1v) is 5.99. The van der Waals surface area contributed by atoms with Crippen LogP contribution >= 0.6 is 0 Å². The van der Waals surface area contributed by atoms with Crippen molar-refractivity contribution in [2.45, 2.75) is 18.9 Å². The van der Waals surface area contributed by atoms with Gasteiger partial charge in [0, 0.05) is 31.4 Å². The van der Waals surface area contributed by atoms with Gasteiger partial charge in [0.05, 0.1) is 0 Å². The number of fused-ring (bicyclic) bond motifs is 1. The predicted octanol–water partition coefficient (Wildman–Crippen LogP) is 1.54. The van der Waals surface area contributed by atoms with Crippen molar-refractivity contribution < 1.29 is 5.11 Å². The van der Waals surface area contributed by atoms with Gasteiger partial charge in [-0.25, -0.2) is 0 Å². The van der Waals surface area contributed by atoms with Gasteiger partial charge in [-0.05, 0) is 31.5 Å². The van der Waals surface area contributed by atoms with Crippen LogP contribution in [0.4, 0.5) is 5.69 Å². The predicted molar refractivity (Wildman–Crippen MR) is 66.8 cm³/mol. The van der Waals surface area contributed by atoms with Gasteiger partial charge in [-0.1, -0.05) is 18.2 Å². The molecule has 88 valence electrons. The first-order chi connectivity index (χ1) is 7.86. The first-order valence-electron chi connectivity index (χ1n) is 5.99. The van der Waals surface area contributed by atoms with E-state index >= 15 is 0 Å². The molecule has 1 atom stereocenters. The van der Waals surface area contributed by atoms with Crippen LogP contribution in [0.1, 0.15) is 24.4 Å². The summed E-state index contributed by atoms with van der Waals surface area (Å²) in [5.41, 5.74) is 2.70. The van der Waals surface area contributed by atoms with Crippen molar-refractivity contribution in [1.29, 1.82) is 0 Å². The summed E-state index contributed by atoms with van der Waals surface area (Å²) < 4.78 is 0. The Hall–Kier alpha value is -1.06. The van der Waals surface area contributed by atoms with E-state index in [1.54, 1.807) is 0 Å². The number of hydrogen-bond donors (Lipinski definition) is 2. The van der Waals surface area contributed by atoms with E-state index in [4.69, 9.17) is 5.11 Å². The molecule has 3 heteroatoms. The van der Waals surface area contributed by atoms with Gasteiger partial charge in [-0.3, -0.25) is 0 Å². The fraction of sp³-hybridized carbons (Fsp3) is 0.538. The van der Waals surface area contributed by atoms with Crippen LogP contribution in [0.3, 0.4) is 0 Å². The van der Waals surface area contributed by atoms with Crippen LogP contribution in [0.15, 0.2) is 24.3 Å². The molecule has 3 nitrogen and oxygen atoms in total. The summed E-state index contributed by atoms with van der Waals surface area (Å²) >= 11 is 0. The molecule has 1 aliphatic heterocycles. The largest absolute Gasteiger partial charge is 0.396 e. The molecule has 2 N–H and O–H groups in total. The summed E-state index contributed by atoms with van der Waals surface area (Å²) in [7, 11) is 2.02. The maximum Gasteiger partial charge on any atom is 0.0447 e. The highest BCUT2D eigenvalue weighted by atomic mass is 16.3. The third kappa shape index (κ3) is 2.20. The molecule has 0 saturated heterocycles. The molecule has 2 rings (SSSR count). The first kappa shape index (κ1) is 11.4. The summed E-state index contributed by atoms with van der Waals surface area (Å²) in [5.74, 6) is 0. The molecule has 1 unspecified atom stereocenters. The van der Waals surface area contributed by atoms with Gasteiger partial charge in [0.1, 0.15) is 0 Å². The van der Waals surface area contributed by atoms with Crippen molar-refractivity contribution >= 4 is 5.69 Å². The fourth-order valence-corrected chi connectivity index (χ4v) is 2.42. The van der Waals surface area contributed by atoms with E-state index in [1.165, 1.54) is 11.3 Å². The molecule has 1 aromatic rings. The Morgan fingerprint density at radius 3 is 3.00 bits per heavy atom. The summed E-state index contributed by atoms with van der Waals surface area (Å²) in [6.45, 7) is 2.29. The summed E-state index contributed by atoms with van der Waals surface area (Å²) in [5, 5.41) is 12.3. The normalized spacial score (nSPS) is 19.6. The molecule has 0 fully saturated rings. The second kappa shape index (κ2) is 5.32. The van der Waals surface area contributed by atoms with Gasteiger partial charge in [-0.15, -0.1) is 0 Å². The standard InChI is InChI=1S/C13H20N2O/c1-14-12-7-9-15(8-4-10-16)13-6-3-2-5-11(12)13/h2-3,5-6,12,14,16H,4,7-10H2,1H3. The third-order valence-electron chi connectivity index (χ3n) is 3.28. The second-order valence-corrected chi connectivity index (χ2v) is 4.25. The van der Waals surface area contributed by atoms with E-state index in [2.05, 4.69) is 34.5 Å². The number of para-hydroxylation sites is 1. The van der Waals surface area contributed by atoms with Crippen LogP contribution in [0, 0.1) is 0 Å². The topological polar surface area (TPSA) is 35.5 Å². The van der Waals surface area contributed by atoms with Crippen LogP contribution in [0.25, 0.3) is 0 Å². The highest BCUT2D eigenvalue weighted by molar-refractivity contribution is 5.56. The van der Waals surface area contributed by atoms with Crippen molar-refractivity contribution in [1.82, 2.24) is 5.32 Å². The van der Waals surface area contributed by atoms with Crippen molar-refractivity contribution in [3.63, 3.8) is 0 Å². The fourth-order valence-electron chi connectivity index (χ4n) is 2.42. The van der Waals surface area contributed by atoms with E-state index in [0.717, 1.165) is 25.9 Å². The van der Waals surface area contributed by atoms with Gasteiger partial charge in [0.2, 0.25) is 0 Å². The third-order valence-corrected chi connectivity index (χ3v) is 3.28. The van der Waals surface area contributed by atoms with Crippen LogP contribution < -0.4 is 10.2 Å². The van der Waals surface area contributed by atoms with Crippen molar-refractivity contribution in [2.75, 3.05) is 31.6 Å². The van der Waals surface area contributed by atoms with Gasteiger partial charge in [0.25, 0.3) is 0 Å². The minimum atomic E-state index is 0.272. The van der Waals surface area contributed by atoms with Crippen molar-refractivity contribution in [3.8, 4) is 0 Å². The van der Waals surface area contributed by atoms with E-state index < -0.39 is 0 Å². The number of nitrogens with zero attached hydrogens (tertiary/aromatic N) is 1. The molecule has 1 aliphatic rings. The summed E-state index contributed by atoms with van der Waals surface area (Å²) in [6.07, 6.45) is 1.98. The number of aliphatic hydroxyl groups excluding tert-OH is 1. The lowest BCUT2D eigenvalue weighted by Crippen LogP contribution is -2.35. The molecule has 0 amide bonds. The molecule has 0 bridgehead atoms. The molecule has 0 radical (unpaired) electrons. The lowest BCUT2D eigenvalue weighted by atomic mass is 9.96. The minimum absolute atomic E-state index is 0.272. The maximum atomic E-state index is 8.90. The van der Waals surface area contributed by atoms with Gasteiger partial charge < -0.3 is 15.3 Å². The van der Waals surface area contributed by atoms with E-state index in [1.807, 2.05) is 7.05 Å². The Morgan fingerprint density at radius 1 is 1.44 bits per heavy atom. The molecule has 0 spiro atoms. The van der Waals surface area contributed by atoms with Crippen molar-refractivity contribution in [3.05, 3.63) is 29.8 Å². The second-order valence-electron chi connectivity index (χ2n) is 4.25. The molecule has 0 saturated carbocycles. The van der Waals surface area contributed by atoms with Crippen LogP contribution in [0.5, 0.6) is 0 Å². The monoisotopic (exact) mass is 220 g/mol. The van der Waals surface area contributed by atoms with Gasteiger partial charge in [-0.2, -0.15) is 0 Å². The molecule has 0 aromatic heterocycles. The van der Waals surface area contributed by atoms with Gasteiger partial charge in [0.15, 0.2) is 0 Å². The average molecular weight is 220 g/mol. The number of anilines is 1. The summed E-state index contributed by atoms with van der Waals surface area (Å²) in [4.78, 5) is 2.37. The van der Waals surface area contributed by atoms with E-state index in [9.17, 15) is 0 Å². The zero-order valence-electron chi connectivity index (χ0n) is 9.82. The molecule has 16 heavy (non-hydrogen) atoms. The van der Waals surface area contributed by atoms with Crippen LogP contribution in [-0.2, 0) is 0 Å². The average Bonchev–Trinajstić information content (AvgIpc) is 2.36. The molecule has 1 heterocycles. The van der Waals surface area contributed by atoms with Crippen LogP contribution in [0.2, 0.25) is 0 Å². The number of hydrogen-bond acceptors (Lipinski definition) is 3. The van der Waals surface area contributed by atoms with Crippen LogP contribution in [-0.4, -0.2) is 31.9 Å². The quantitative estimate of drug-likeness (QED) is 0.808. The van der Waals surface area contributed by atoms with E-state index in [0.29, 0.717) is 6.04 Å². The summed E-state index contributed by atoms with van der Waals surface area (Å²) in [6, 6.07) is 9.03. The highest BCUT2D eigenvalue weighted by Crippen LogP contribution is 2.33. The Balaban J connectivity index is 2.21. The number of aliphatic hydroxyl groups is 1. The minimum Gasteiger partial charge on any atom is -0.396 e. The lowest BCUT2D eigenvalue weighted by molar-refractivity contribution is 0.288. The molecular weight excluding hydrogens is 200 g/mol. The van der Waals surface area contributed by atoms with E-state index in [-0.39, 0.29) is 6.61 Å².